The van der Waals surface area contributed by atoms with Gasteiger partial charge in [0.1, 0.15) is 0 Å². The first-order chi connectivity index (χ1) is 12.6. The van der Waals surface area contributed by atoms with E-state index in [1.165, 1.54) is 0 Å². The van der Waals surface area contributed by atoms with Crippen LogP contribution in [0.15, 0.2) is 0 Å². The molecule has 0 fully saturated rings. The van der Waals surface area contributed by atoms with Gasteiger partial charge < -0.3 is 19.7 Å². The van der Waals surface area contributed by atoms with Crippen molar-refractivity contribution in [2.24, 2.45) is 0 Å². The Morgan fingerprint density at radius 1 is 0.704 bits per heavy atom. The Balaban J connectivity index is -0.000000327. The topological polar surface area (TPSA) is 58.9 Å². The fourth-order valence-electron chi connectivity index (χ4n) is 1.26. The Bertz CT molecular complexity index is 256. The lowest BCUT2D eigenvalue weighted by Gasteiger charge is -2.16. The first-order valence-corrected chi connectivity index (χ1v) is 13.2. The van der Waals surface area contributed by atoms with E-state index >= 15 is 0 Å². The van der Waals surface area contributed by atoms with Crippen molar-refractivity contribution in [2.75, 3.05) is 50.4 Å². The van der Waals surface area contributed by atoms with Gasteiger partial charge in [0, 0.05) is 37.2 Å². The lowest BCUT2D eigenvalue weighted by atomic mass is 10.3. The summed E-state index contributed by atoms with van der Waals surface area (Å²) in [6, 6.07) is 0. The van der Waals surface area contributed by atoms with Crippen LogP contribution in [0.1, 0.15) is 41.5 Å². The van der Waals surface area contributed by atoms with Gasteiger partial charge in [-0.1, -0.05) is 41.5 Å². The number of aliphatic hydroxyl groups is 2. The smallest absolute Gasteiger partial charge is 0.0897 e. The Hall–Kier alpha value is 1.24. The van der Waals surface area contributed by atoms with Gasteiger partial charge in [-0.15, -0.1) is 0 Å². The summed E-state index contributed by atoms with van der Waals surface area (Å²) in [5.74, 6) is 3.14. The SMILES string of the molecule is CC(C)SCC(O)C(O)CS.COCCSC(C)C.COCCSC(C)C. The maximum atomic E-state index is 9.25. The number of rotatable bonds is 13. The van der Waals surface area contributed by atoms with E-state index in [0.29, 0.717) is 16.8 Å². The second kappa shape index (κ2) is 25.3. The van der Waals surface area contributed by atoms with Crippen LogP contribution in [0, 0.1) is 0 Å². The standard InChI is InChI=1S/C7H16O2S2.2C6H14OS/c1-5(2)11-4-7(9)6(8)3-10;2*1-6(2)8-5-4-7-3/h5-10H,3-4H2,1-2H3;2*6H,4-5H2,1-3H3. The molecule has 0 bridgehead atoms. The molecule has 0 saturated carbocycles. The molecule has 0 aromatic rings. The molecule has 4 nitrogen and oxygen atoms in total. The molecule has 0 aromatic heterocycles. The zero-order valence-electron chi connectivity index (χ0n) is 18.5. The van der Waals surface area contributed by atoms with Gasteiger partial charge in [0.05, 0.1) is 25.4 Å². The Kier molecular flexibility index (Phi) is 30.8. The molecule has 27 heavy (non-hydrogen) atoms. The Morgan fingerprint density at radius 2 is 1.07 bits per heavy atom. The van der Waals surface area contributed by atoms with Crippen molar-refractivity contribution in [1.82, 2.24) is 0 Å². The van der Waals surface area contributed by atoms with Crippen LogP contribution in [0.25, 0.3) is 0 Å². The van der Waals surface area contributed by atoms with Crippen molar-refractivity contribution in [3.63, 3.8) is 0 Å². The van der Waals surface area contributed by atoms with Crippen LogP contribution >= 0.6 is 47.9 Å². The predicted molar refractivity (Wildman–Crippen MR) is 132 cm³/mol. The lowest BCUT2D eigenvalue weighted by molar-refractivity contribution is 0.0502. The third-order valence-electron chi connectivity index (χ3n) is 2.71. The van der Waals surface area contributed by atoms with E-state index in [0.717, 1.165) is 35.2 Å². The van der Waals surface area contributed by atoms with E-state index in [1.807, 2.05) is 23.5 Å². The molecule has 0 heterocycles. The average molecular weight is 465 g/mol. The van der Waals surface area contributed by atoms with Crippen LogP contribution in [-0.4, -0.2) is 88.6 Å². The van der Waals surface area contributed by atoms with Crippen LogP contribution in [0.3, 0.4) is 0 Å². The third kappa shape index (κ3) is 35.1. The second-order valence-electron chi connectivity index (χ2n) is 6.52. The van der Waals surface area contributed by atoms with E-state index in [9.17, 15) is 5.11 Å². The molecule has 2 N–H and O–H groups in total. The fraction of sp³-hybridized carbons (Fsp3) is 1.00. The van der Waals surface area contributed by atoms with Crippen molar-refractivity contribution in [2.45, 2.75) is 69.5 Å². The third-order valence-corrected chi connectivity index (χ3v) is 6.42. The number of hydrogen-bond donors (Lipinski definition) is 3. The first-order valence-electron chi connectivity index (χ1n) is 9.41. The highest BCUT2D eigenvalue weighted by Gasteiger charge is 2.14. The van der Waals surface area contributed by atoms with Gasteiger partial charge in [-0.3, -0.25) is 0 Å². The molecule has 0 aliphatic carbocycles. The largest absolute Gasteiger partial charge is 0.390 e. The molecule has 0 aromatic carbocycles. The maximum absolute atomic E-state index is 9.25. The van der Waals surface area contributed by atoms with Gasteiger partial charge >= 0.3 is 0 Å². The molecule has 0 radical (unpaired) electrons. The molecular formula is C19H44O4S4. The van der Waals surface area contributed by atoms with E-state index in [1.54, 1.807) is 26.0 Å². The monoisotopic (exact) mass is 464 g/mol. The van der Waals surface area contributed by atoms with Crippen molar-refractivity contribution in [1.29, 1.82) is 0 Å². The molecule has 8 heteroatoms. The highest BCUT2D eigenvalue weighted by Crippen LogP contribution is 2.12. The molecular weight excluding hydrogens is 420 g/mol. The number of aliphatic hydroxyl groups excluding tert-OH is 2. The normalized spacial score (nSPS) is 13.1. The Labute approximate surface area is 187 Å². The summed E-state index contributed by atoms with van der Waals surface area (Å²) in [6.45, 7) is 14.7. The van der Waals surface area contributed by atoms with E-state index in [2.05, 4.69) is 54.2 Å². The number of methoxy groups -OCH3 is 2. The average Bonchev–Trinajstić information content (AvgIpc) is 2.60. The first kappa shape index (κ1) is 32.9. The summed E-state index contributed by atoms with van der Waals surface area (Å²) in [5, 5.41) is 20.3. The highest BCUT2D eigenvalue weighted by molar-refractivity contribution is 8.00. The van der Waals surface area contributed by atoms with Crippen LogP contribution in [0.2, 0.25) is 0 Å². The van der Waals surface area contributed by atoms with Crippen LogP contribution < -0.4 is 0 Å². The van der Waals surface area contributed by atoms with Crippen molar-refractivity contribution >= 4 is 47.9 Å². The molecule has 0 aliphatic heterocycles. The van der Waals surface area contributed by atoms with Gasteiger partial charge in [0.2, 0.25) is 0 Å². The number of hydrogen-bond acceptors (Lipinski definition) is 8. The fourth-order valence-corrected chi connectivity index (χ4v) is 3.77. The summed E-state index contributed by atoms with van der Waals surface area (Å²) in [5.41, 5.74) is 0. The molecule has 0 aliphatic rings. The quantitative estimate of drug-likeness (QED) is 0.277. The zero-order chi connectivity index (χ0) is 21.7. The summed E-state index contributed by atoms with van der Waals surface area (Å²) < 4.78 is 9.74. The minimum atomic E-state index is -0.690. The van der Waals surface area contributed by atoms with Crippen molar-refractivity contribution in [3.8, 4) is 0 Å². The van der Waals surface area contributed by atoms with E-state index < -0.39 is 12.2 Å². The molecule has 168 valence electrons. The minimum Gasteiger partial charge on any atom is -0.390 e. The van der Waals surface area contributed by atoms with Gasteiger partial charge in [-0.25, -0.2) is 0 Å². The van der Waals surface area contributed by atoms with E-state index in [4.69, 9.17) is 14.6 Å². The number of ether oxygens (including phenoxy) is 2. The molecule has 0 saturated heterocycles. The second-order valence-corrected chi connectivity index (χ2v) is 11.9. The lowest BCUT2D eigenvalue weighted by Crippen LogP contribution is -2.29. The Morgan fingerprint density at radius 3 is 1.33 bits per heavy atom. The van der Waals surface area contributed by atoms with Crippen LogP contribution in [0.4, 0.5) is 0 Å². The summed E-state index contributed by atoms with van der Waals surface area (Å²) in [6.07, 6.45) is -1.33. The van der Waals surface area contributed by atoms with Crippen LogP contribution in [0.5, 0.6) is 0 Å². The maximum Gasteiger partial charge on any atom is 0.0897 e. The molecule has 0 amide bonds. The van der Waals surface area contributed by atoms with Gasteiger partial charge in [-0.05, 0) is 15.7 Å². The van der Waals surface area contributed by atoms with E-state index in [-0.39, 0.29) is 0 Å². The van der Waals surface area contributed by atoms with Gasteiger partial charge in [-0.2, -0.15) is 47.9 Å². The number of thiol groups is 1. The zero-order valence-corrected chi connectivity index (χ0v) is 21.9. The molecule has 2 atom stereocenters. The summed E-state index contributed by atoms with van der Waals surface area (Å²) >= 11 is 9.38. The molecule has 0 rings (SSSR count). The van der Waals surface area contributed by atoms with Crippen molar-refractivity contribution in [3.05, 3.63) is 0 Å². The summed E-state index contributed by atoms with van der Waals surface area (Å²) in [4.78, 5) is 0. The van der Waals surface area contributed by atoms with Gasteiger partial charge in [0.15, 0.2) is 0 Å². The number of thioether (sulfide) groups is 3. The predicted octanol–water partition coefficient (Wildman–Crippen LogP) is 4.33. The molecule has 2 unspecified atom stereocenters. The van der Waals surface area contributed by atoms with Crippen LogP contribution in [-0.2, 0) is 9.47 Å². The minimum absolute atomic E-state index is 0.319. The molecule has 0 spiro atoms. The summed E-state index contributed by atoms with van der Waals surface area (Å²) in [7, 11) is 3.47. The van der Waals surface area contributed by atoms with Gasteiger partial charge in [0.25, 0.3) is 0 Å². The highest BCUT2D eigenvalue weighted by atomic mass is 32.2. The van der Waals surface area contributed by atoms with Crippen molar-refractivity contribution < 1.29 is 19.7 Å².